The zero-order chi connectivity index (χ0) is 7.15. The molecule has 0 amide bonds. The van der Waals surface area contributed by atoms with Gasteiger partial charge in [-0.1, -0.05) is 0 Å². The van der Waals surface area contributed by atoms with Crippen molar-refractivity contribution in [2.75, 3.05) is 0 Å². The Bertz CT molecular complexity index is 78.1. The van der Waals surface area contributed by atoms with Gasteiger partial charge >= 0.3 is 45.5 Å². The minimum Gasteiger partial charge on any atom is -1.00 e. The summed E-state index contributed by atoms with van der Waals surface area (Å²) < 4.78 is 0. The minimum atomic E-state index is -0.833. The topological polar surface area (TPSA) is 74.6 Å². The summed E-state index contributed by atoms with van der Waals surface area (Å²) in [4.78, 5) is 18.0. The van der Waals surface area contributed by atoms with Crippen molar-refractivity contribution in [3.8, 4) is 0 Å². The van der Waals surface area contributed by atoms with E-state index in [4.69, 9.17) is 19.8 Å². The molecule has 0 aliphatic carbocycles. The van der Waals surface area contributed by atoms with Crippen LogP contribution in [0.5, 0.6) is 0 Å². The molecule has 0 atom stereocenters. The smallest absolute Gasteiger partial charge is 1.00 e. The second-order valence-corrected chi connectivity index (χ2v) is 1.04. The number of carboxylic acid groups (broad SMARTS) is 2. The normalized spacial score (nSPS) is 5.56. The Hall–Kier alpha value is 0.421. The maximum Gasteiger partial charge on any atom is 2.00 e. The Morgan fingerprint density at radius 2 is 1.11 bits per heavy atom. The molecular weight excluding hydrogens is 200 g/mol. The molecule has 0 aromatic heterocycles. The summed E-state index contributed by atoms with van der Waals surface area (Å²) >= 11 is 0. The predicted molar refractivity (Wildman–Crippen MR) is 34.6 cm³/mol. The molecule has 2 N–H and O–H groups in total. The molecule has 0 aromatic rings. The number of carbonyl (C=O) groups is 2. The molecule has 5 heteroatoms. The third kappa shape index (κ3) is 1960. The molecule has 0 unspecified atom stereocenters. The molecule has 0 radical (unpaired) electrons. The summed E-state index contributed by atoms with van der Waals surface area (Å²) in [5, 5.41) is 14.8. The van der Waals surface area contributed by atoms with Crippen LogP contribution in [0.25, 0.3) is 0 Å². The molecule has 0 saturated carbocycles. The number of carboxylic acids is 2. The molecular formula is C4H10O4Sr. The molecule has 0 bridgehead atoms. The van der Waals surface area contributed by atoms with Crippen molar-refractivity contribution in [1.82, 2.24) is 0 Å². The SMILES string of the molecule is CC(=O)O.CC(=O)O.[H-].[H-].[Sr+2]. The van der Waals surface area contributed by atoms with Crippen LogP contribution in [0.15, 0.2) is 0 Å². The van der Waals surface area contributed by atoms with Crippen LogP contribution in [-0.4, -0.2) is 67.6 Å². The van der Waals surface area contributed by atoms with E-state index in [0.717, 1.165) is 13.8 Å². The Labute approximate surface area is 93.1 Å². The fraction of sp³-hybridized carbons (Fsp3) is 0.500. The van der Waals surface area contributed by atoms with Crippen molar-refractivity contribution in [3.63, 3.8) is 0 Å². The predicted octanol–water partition coefficient (Wildman–Crippen LogP) is 0.0260. The maximum atomic E-state index is 9.00. The standard InChI is InChI=1S/2C2H4O2.Sr.2H/c2*1-2(3)4;;;/h2*1H3,(H,3,4);;;/q;;+2;2*-1. The molecule has 52 valence electrons. The van der Waals surface area contributed by atoms with Crippen LogP contribution in [-0.2, 0) is 9.59 Å². The van der Waals surface area contributed by atoms with E-state index < -0.39 is 11.9 Å². The van der Waals surface area contributed by atoms with Crippen molar-refractivity contribution in [3.05, 3.63) is 0 Å². The summed E-state index contributed by atoms with van der Waals surface area (Å²) in [5.41, 5.74) is 0. The van der Waals surface area contributed by atoms with Crippen LogP contribution in [0.2, 0.25) is 0 Å². The van der Waals surface area contributed by atoms with Gasteiger partial charge in [-0.2, -0.15) is 0 Å². The van der Waals surface area contributed by atoms with Crippen LogP contribution in [0.4, 0.5) is 0 Å². The molecule has 0 heterocycles. The fourth-order valence-corrected chi connectivity index (χ4v) is 0. The van der Waals surface area contributed by atoms with Gasteiger partial charge in [-0.25, -0.2) is 0 Å². The Balaban J connectivity index is -0.0000000171. The Morgan fingerprint density at radius 3 is 1.11 bits per heavy atom. The van der Waals surface area contributed by atoms with Gasteiger partial charge < -0.3 is 13.1 Å². The number of hydrogen-bond donors (Lipinski definition) is 2. The average molecular weight is 210 g/mol. The average Bonchev–Trinajstić information content (AvgIpc) is 1.25. The van der Waals surface area contributed by atoms with Gasteiger partial charge in [0.25, 0.3) is 11.9 Å². The van der Waals surface area contributed by atoms with Crippen LogP contribution in [0.1, 0.15) is 16.7 Å². The summed E-state index contributed by atoms with van der Waals surface area (Å²) in [6.45, 7) is 2.17. The first-order chi connectivity index (χ1) is 3.46. The van der Waals surface area contributed by atoms with Crippen molar-refractivity contribution in [1.29, 1.82) is 0 Å². The number of aliphatic carboxylic acids is 2. The second-order valence-electron chi connectivity index (χ2n) is 1.04. The van der Waals surface area contributed by atoms with E-state index in [-0.39, 0.29) is 48.3 Å². The Kier molecular flexibility index (Phi) is 20.3. The van der Waals surface area contributed by atoms with Gasteiger partial charge in [0.15, 0.2) is 0 Å². The molecule has 0 aliphatic rings. The summed E-state index contributed by atoms with van der Waals surface area (Å²) in [5.74, 6) is -1.67. The van der Waals surface area contributed by atoms with Gasteiger partial charge in [0.2, 0.25) is 0 Å². The molecule has 0 fully saturated rings. The number of hydrogen-bond acceptors (Lipinski definition) is 2. The van der Waals surface area contributed by atoms with E-state index in [1.807, 2.05) is 0 Å². The quantitative estimate of drug-likeness (QED) is 0.552. The molecule has 9 heavy (non-hydrogen) atoms. The fourth-order valence-electron chi connectivity index (χ4n) is 0. The van der Waals surface area contributed by atoms with Crippen molar-refractivity contribution < 1.29 is 22.7 Å². The zero-order valence-electron chi connectivity index (χ0n) is 7.42. The van der Waals surface area contributed by atoms with E-state index in [1.54, 1.807) is 0 Å². The van der Waals surface area contributed by atoms with Crippen molar-refractivity contribution in [2.45, 2.75) is 13.8 Å². The van der Waals surface area contributed by atoms with Crippen LogP contribution < -0.4 is 0 Å². The zero-order valence-corrected chi connectivity index (χ0v) is 8.89. The van der Waals surface area contributed by atoms with Gasteiger partial charge in [-0.15, -0.1) is 0 Å². The summed E-state index contributed by atoms with van der Waals surface area (Å²) in [6.07, 6.45) is 0. The first-order valence-electron chi connectivity index (χ1n) is 1.86. The molecule has 0 aliphatic heterocycles. The molecule has 4 nitrogen and oxygen atoms in total. The number of rotatable bonds is 0. The van der Waals surface area contributed by atoms with E-state index in [2.05, 4.69) is 0 Å². The van der Waals surface area contributed by atoms with E-state index in [1.165, 1.54) is 0 Å². The van der Waals surface area contributed by atoms with E-state index >= 15 is 0 Å². The van der Waals surface area contributed by atoms with Gasteiger partial charge in [-0.3, -0.25) is 9.59 Å². The first kappa shape index (κ1) is 16.2. The summed E-state index contributed by atoms with van der Waals surface area (Å²) in [6, 6.07) is 0. The first-order valence-corrected chi connectivity index (χ1v) is 1.86. The molecule has 0 saturated heterocycles. The van der Waals surface area contributed by atoms with Crippen LogP contribution in [0.3, 0.4) is 0 Å². The minimum absolute atomic E-state index is 0. The monoisotopic (exact) mass is 210 g/mol. The largest absolute Gasteiger partial charge is 2.00 e. The van der Waals surface area contributed by atoms with Gasteiger partial charge in [0.1, 0.15) is 0 Å². The third-order valence-electron chi connectivity index (χ3n) is 0. The summed E-state index contributed by atoms with van der Waals surface area (Å²) in [7, 11) is 0. The Morgan fingerprint density at radius 1 is 1.11 bits per heavy atom. The third-order valence-corrected chi connectivity index (χ3v) is 0. The van der Waals surface area contributed by atoms with Crippen molar-refractivity contribution >= 4 is 57.4 Å². The molecule has 0 rings (SSSR count). The van der Waals surface area contributed by atoms with Crippen LogP contribution in [0, 0.1) is 0 Å². The second kappa shape index (κ2) is 11.2. The molecule has 0 spiro atoms. The molecule has 0 aromatic carbocycles. The van der Waals surface area contributed by atoms with E-state index in [9.17, 15) is 0 Å². The van der Waals surface area contributed by atoms with Crippen molar-refractivity contribution in [2.24, 2.45) is 0 Å². The van der Waals surface area contributed by atoms with Crippen LogP contribution >= 0.6 is 0 Å². The van der Waals surface area contributed by atoms with E-state index in [0.29, 0.717) is 0 Å². The van der Waals surface area contributed by atoms with Gasteiger partial charge in [0, 0.05) is 13.8 Å². The van der Waals surface area contributed by atoms with Gasteiger partial charge in [0.05, 0.1) is 0 Å². The van der Waals surface area contributed by atoms with Gasteiger partial charge in [-0.05, 0) is 0 Å². The maximum absolute atomic E-state index is 9.00.